The number of carbonyl (C=O) groups is 2. The number of methoxy groups -OCH3 is 1. The SMILES string of the molecule is COc1ccc(CNC(=O)CSc2nc(C)c(C(=O)Nc3ccccc3)cc2C#N)cc1. The van der Waals surface area contributed by atoms with E-state index in [1.807, 2.05) is 42.5 Å². The number of nitriles is 1. The average Bonchev–Trinajstić information content (AvgIpc) is 2.82. The summed E-state index contributed by atoms with van der Waals surface area (Å²) in [5.41, 5.74) is 2.66. The van der Waals surface area contributed by atoms with Gasteiger partial charge in [0.1, 0.15) is 16.8 Å². The van der Waals surface area contributed by atoms with E-state index >= 15 is 0 Å². The molecular weight excluding hydrogens is 424 g/mol. The minimum Gasteiger partial charge on any atom is -0.497 e. The van der Waals surface area contributed by atoms with Crippen LogP contribution in [0.15, 0.2) is 65.7 Å². The van der Waals surface area contributed by atoms with Crippen LogP contribution in [0.3, 0.4) is 0 Å². The maximum atomic E-state index is 12.6. The number of aryl methyl sites for hydroxylation is 1. The van der Waals surface area contributed by atoms with E-state index in [1.54, 1.807) is 26.2 Å². The molecular formula is C24H22N4O3S. The molecule has 1 heterocycles. The average molecular weight is 447 g/mol. The Labute approximate surface area is 190 Å². The Morgan fingerprint density at radius 1 is 1.12 bits per heavy atom. The number of para-hydroxylation sites is 1. The van der Waals surface area contributed by atoms with Crippen molar-refractivity contribution in [2.75, 3.05) is 18.2 Å². The number of pyridine rings is 1. The summed E-state index contributed by atoms with van der Waals surface area (Å²) in [5.74, 6) is 0.334. The molecule has 3 aromatic rings. The van der Waals surface area contributed by atoms with Gasteiger partial charge in [-0.05, 0) is 42.8 Å². The summed E-state index contributed by atoms with van der Waals surface area (Å²) < 4.78 is 5.12. The summed E-state index contributed by atoms with van der Waals surface area (Å²) in [6, 6.07) is 20.1. The fourth-order valence-corrected chi connectivity index (χ4v) is 3.68. The second-order valence-corrected chi connectivity index (χ2v) is 7.78. The van der Waals surface area contributed by atoms with Gasteiger partial charge in [-0.25, -0.2) is 4.98 Å². The molecule has 0 aliphatic rings. The number of hydrogen-bond donors (Lipinski definition) is 2. The van der Waals surface area contributed by atoms with E-state index in [-0.39, 0.29) is 23.1 Å². The highest BCUT2D eigenvalue weighted by molar-refractivity contribution is 8.00. The standard InChI is InChI=1S/C24H22N4O3S/c1-16-21(23(30)28-19-6-4-3-5-7-19)12-18(13-25)24(27-16)32-15-22(29)26-14-17-8-10-20(31-2)11-9-17/h3-12H,14-15H2,1-2H3,(H,26,29)(H,28,30). The van der Waals surface area contributed by atoms with E-state index < -0.39 is 0 Å². The molecule has 0 spiro atoms. The van der Waals surface area contributed by atoms with Crippen molar-refractivity contribution in [2.45, 2.75) is 18.5 Å². The van der Waals surface area contributed by atoms with Crippen molar-refractivity contribution in [1.29, 1.82) is 5.26 Å². The fourth-order valence-electron chi connectivity index (χ4n) is 2.85. The lowest BCUT2D eigenvalue weighted by Crippen LogP contribution is -2.24. The van der Waals surface area contributed by atoms with Crippen molar-refractivity contribution in [3.63, 3.8) is 0 Å². The molecule has 1 aromatic heterocycles. The maximum absolute atomic E-state index is 12.6. The monoisotopic (exact) mass is 446 g/mol. The lowest BCUT2D eigenvalue weighted by molar-refractivity contribution is -0.118. The number of benzene rings is 2. The van der Waals surface area contributed by atoms with Crippen molar-refractivity contribution in [3.8, 4) is 11.8 Å². The number of hydrogen-bond acceptors (Lipinski definition) is 6. The zero-order valence-corrected chi connectivity index (χ0v) is 18.5. The van der Waals surface area contributed by atoms with Gasteiger partial charge in [-0.1, -0.05) is 42.1 Å². The molecule has 162 valence electrons. The van der Waals surface area contributed by atoms with Crippen molar-refractivity contribution >= 4 is 29.3 Å². The van der Waals surface area contributed by atoms with Crippen molar-refractivity contribution in [3.05, 3.63) is 83.0 Å². The molecule has 2 aromatic carbocycles. The minimum absolute atomic E-state index is 0.104. The van der Waals surface area contributed by atoms with Crippen molar-refractivity contribution in [2.24, 2.45) is 0 Å². The molecule has 0 bridgehead atoms. The van der Waals surface area contributed by atoms with Gasteiger partial charge in [0, 0.05) is 12.2 Å². The number of nitrogens with zero attached hydrogens (tertiary/aromatic N) is 2. The van der Waals surface area contributed by atoms with Gasteiger partial charge in [-0.3, -0.25) is 9.59 Å². The fraction of sp³-hybridized carbons (Fsp3) is 0.167. The van der Waals surface area contributed by atoms with Crippen LogP contribution in [-0.4, -0.2) is 29.7 Å². The Balaban J connectivity index is 1.61. The quantitative estimate of drug-likeness (QED) is 0.508. The van der Waals surface area contributed by atoms with Crippen LogP contribution in [0.4, 0.5) is 5.69 Å². The largest absolute Gasteiger partial charge is 0.497 e. The van der Waals surface area contributed by atoms with Gasteiger partial charge in [0.2, 0.25) is 5.91 Å². The van der Waals surface area contributed by atoms with Crippen LogP contribution in [0, 0.1) is 18.3 Å². The first kappa shape index (κ1) is 22.8. The summed E-state index contributed by atoms with van der Waals surface area (Å²) in [7, 11) is 1.60. The van der Waals surface area contributed by atoms with Crippen LogP contribution in [0.25, 0.3) is 0 Å². The van der Waals surface area contributed by atoms with Gasteiger partial charge in [0.05, 0.1) is 29.7 Å². The van der Waals surface area contributed by atoms with Crippen molar-refractivity contribution < 1.29 is 14.3 Å². The molecule has 0 aliphatic carbocycles. The second-order valence-electron chi connectivity index (χ2n) is 6.82. The lowest BCUT2D eigenvalue weighted by atomic mass is 10.1. The summed E-state index contributed by atoms with van der Waals surface area (Å²) in [4.78, 5) is 29.2. The topological polar surface area (TPSA) is 104 Å². The molecule has 0 saturated heterocycles. The number of aromatic nitrogens is 1. The summed E-state index contributed by atoms with van der Waals surface area (Å²) in [6.45, 7) is 2.09. The van der Waals surface area contributed by atoms with Gasteiger partial charge in [-0.2, -0.15) is 5.26 Å². The Bertz CT molecular complexity index is 1140. The second kappa shape index (κ2) is 11.0. The van der Waals surface area contributed by atoms with E-state index in [4.69, 9.17) is 4.74 Å². The van der Waals surface area contributed by atoms with Crippen LogP contribution in [0.2, 0.25) is 0 Å². The number of carbonyl (C=O) groups excluding carboxylic acids is 2. The third-order valence-electron chi connectivity index (χ3n) is 4.56. The molecule has 0 saturated carbocycles. The predicted octanol–water partition coefficient (Wildman–Crippen LogP) is 3.93. The van der Waals surface area contributed by atoms with Gasteiger partial charge in [0.15, 0.2) is 0 Å². The predicted molar refractivity (Wildman–Crippen MR) is 124 cm³/mol. The first-order chi connectivity index (χ1) is 15.5. The van der Waals surface area contributed by atoms with Crippen LogP contribution < -0.4 is 15.4 Å². The third-order valence-corrected chi connectivity index (χ3v) is 5.55. The van der Waals surface area contributed by atoms with Crippen LogP contribution >= 0.6 is 11.8 Å². The maximum Gasteiger partial charge on any atom is 0.257 e. The van der Waals surface area contributed by atoms with Gasteiger partial charge >= 0.3 is 0 Å². The zero-order chi connectivity index (χ0) is 22.9. The molecule has 0 radical (unpaired) electrons. The van der Waals surface area contributed by atoms with Crippen LogP contribution in [0.1, 0.15) is 27.2 Å². The molecule has 8 heteroatoms. The highest BCUT2D eigenvalue weighted by Gasteiger charge is 2.16. The molecule has 32 heavy (non-hydrogen) atoms. The number of anilines is 1. The summed E-state index contributed by atoms with van der Waals surface area (Å²) in [5, 5.41) is 15.6. The van der Waals surface area contributed by atoms with E-state index in [9.17, 15) is 14.9 Å². The van der Waals surface area contributed by atoms with E-state index in [2.05, 4.69) is 21.7 Å². The molecule has 0 fully saturated rings. The molecule has 2 amide bonds. The van der Waals surface area contributed by atoms with Gasteiger partial charge < -0.3 is 15.4 Å². The Morgan fingerprint density at radius 2 is 1.84 bits per heavy atom. The van der Waals surface area contributed by atoms with E-state index in [1.165, 1.54) is 6.07 Å². The number of rotatable bonds is 8. The van der Waals surface area contributed by atoms with Gasteiger partial charge in [-0.15, -0.1) is 0 Å². The van der Waals surface area contributed by atoms with Crippen LogP contribution in [0.5, 0.6) is 5.75 Å². The van der Waals surface area contributed by atoms with E-state index in [0.717, 1.165) is 23.1 Å². The third kappa shape index (κ3) is 6.09. The van der Waals surface area contributed by atoms with E-state index in [0.29, 0.717) is 28.5 Å². The Morgan fingerprint density at radius 3 is 2.50 bits per heavy atom. The van der Waals surface area contributed by atoms with Crippen LogP contribution in [-0.2, 0) is 11.3 Å². The molecule has 3 rings (SSSR count). The number of ether oxygens (including phenoxy) is 1. The minimum atomic E-state index is -0.341. The highest BCUT2D eigenvalue weighted by Crippen LogP contribution is 2.23. The first-order valence-corrected chi connectivity index (χ1v) is 10.8. The summed E-state index contributed by atoms with van der Waals surface area (Å²) in [6.07, 6.45) is 0. The highest BCUT2D eigenvalue weighted by atomic mass is 32.2. The zero-order valence-electron chi connectivity index (χ0n) is 17.7. The molecule has 7 nitrogen and oxygen atoms in total. The lowest BCUT2D eigenvalue weighted by Gasteiger charge is -2.11. The van der Waals surface area contributed by atoms with Crippen molar-refractivity contribution in [1.82, 2.24) is 10.3 Å². The Hall–Kier alpha value is -3.83. The molecule has 2 N–H and O–H groups in total. The molecule has 0 aliphatic heterocycles. The number of thioether (sulfide) groups is 1. The normalized spacial score (nSPS) is 10.2. The molecule has 0 atom stereocenters. The summed E-state index contributed by atoms with van der Waals surface area (Å²) >= 11 is 1.16. The number of amides is 2. The first-order valence-electron chi connectivity index (χ1n) is 9.80. The van der Waals surface area contributed by atoms with Gasteiger partial charge in [0.25, 0.3) is 5.91 Å². The smallest absolute Gasteiger partial charge is 0.257 e. The molecule has 0 unspecified atom stereocenters. The number of nitrogens with one attached hydrogen (secondary N) is 2. The Kier molecular flexibility index (Phi) is 7.84.